The predicted molar refractivity (Wildman–Crippen MR) is 90.0 cm³/mol. The van der Waals surface area contributed by atoms with Crippen molar-refractivity contribution in [2.24, 2.45) is 5.10 Å². The van der Waals surface area contributed by atoms with E-state index in [1.807, 2.05) is 12.1 Å². The first-order chi connectivity index (χ1) is 11.3. The number of hydrazone groups is 1. The summed E-state index contributed by atoms with van der Waals surface area (Å²) in [5.74, 6) is 0.251. The number of nitrogens with zero attached hydrogens (tertiary/aromatic N) is 2. The SMILES string of the molecule is COc1ccccc1C(=O)N/N=C\c1ccn(C2CCCC2)c1. The van der Waals surface area contributed by atoms with E-state index in [4.69, 9.17) is 4.74 Å². The number of methoxy groups -OCH3 is 1. The van der Waals surface area contributed by atoms with Gasteiger partial charge in [0.15, 0.2) is 0 Å². The van der Waals surface area contributed by atoms with Crippen LogP contribution in [0.5, 0.6) is 5.75 Å². The second kappa shape index (κ2) is 7.13. The molecule has 1 heterocycles. The number of nitrogens with one attached hydrogen (secondary N) is 1. The molecule has 0 unspecified atom stereocenters. The van der Waals surface area contributed by atoms with Gasteiger partial charge in [-0.05, 0) is 31.0 Å². The molecule has 5 nitrogen and oxygen atoms in total. The fourth-order valence-corrected chi connectivity index (χ4v) is 2.99. The Kier molecular flexibility index (Phi) is 4.76. The molecule has 5 heteroatoms. The van der Waals surface area contributed by atoms with Gasteiger partial charge in [-0.2, -0.15) is 5.10 Å². The maximum absolute atomic E-state index is 12.1. The van der Waals surface area contributed by atoms with Crippen molar-refractivity contribution in [3.63, 3.8) is 0 Å². The molecule has 0 aliphatic heterocycles. The van der Waals surface area contributed by atoms with Gasteiger partial charge in [-0.15, -0.1) is 0 Å². The molecule has 1 saturated carbocycles. The lowest BCUT2D eigenvalue weighted by atomic mass is 10.2. The normalized spacial score (nSPS) is 15.2. The summed E-state index contributed by atoms with van der Waals surface area (Å²) in [5, 5.41) is 4.04. The number of carbonyl (C=O) groups excluding carboxylic acids is 1. The van der Waals surface area contributed by atoms with Gasteiger partial charge in [-0.1, -0.05) is 25.0 Å². The molecule has 2 aromatic rings. The van der Waals surface area contributed by atoms with Gasteiger partial charge < -0.3 is 9.30 Å². The number of ether oxygens (including phenoxy) is 1. The minimum Gasteiger partial charge on any atom is -0.496 e. The maximum Gasteiger partial charge on any atom is 0.275 e. The molecule has 0 saturated heterocycles. The van der Waals surface area contributed by atoms with Gasteiger partial charge >= 0.3 is 0 Å². The number of aromatic nitrogens is 1. The van der Waals surface area contributed by atoms with E-state index >= 15 is 0 Å². The van der Waals surface area contributed by atoms with Crippen LogP contribution in [0.25, 0.3) is 0 Å². The van der Waals surface area contributed by atoms with Crippen LogP contribution in [0.1, 0.15) is 47.6 Å². The highest BCUT2D eigenvalue weighted by molar-refractivity contribution is 5.97. The van der Waals surface area contributed by atoms with E-state index in [2.05, 4.69) is 27.5 Å². The smallest absolute Gasteiger partial charge is 0.275 e. The Morgan fingerprint density at radius 3 is 2.87 bits per heavy atom. The lowest BCUT2D eigenvalue weighted by Crippen LogP contribution is -2.18. The van der Waals surface area contributed by atoms with Crippen LogP contribution >= 0.6 is 0 Å². The highest BCUT2D eigenvalue weighted by atomic mass is 16.5. The van der Waals surface area contributed by atoms with E-state index in [1.165, 1.54) is 25.7 Å². The van der Waals surface area contributed by atoms with Crippen LogP contribution in [0.4, 0.5) is 0 Å². The molecule has 1 aliphatic carbocycles. The van der Waals surface area contributed by atoms with E-state index < -0.39 is 0 Å². The Hall–Kier alpha value is -2.56. The summed E-state index contributed by atoms with van der Waals surface area (Å²) in [6.45, 7) is 0. The fraction of sp³-hybridized carbons (Fsp3) is 0.333. The van der Waals surface area contributed by atoms with Crippen molar-refractivity contribution >= 4 is 12.1 Å². The third-order valence-corrected chi connectivity index (χ3v) is 4.21. The zero-order valence-electron chi connectivity index (χ0n) is 13.2. The summed E-state index contributed by atoms with van der Waals surface area (Å²) in [6, 6.07) is 9.70. The Morgan fingerprint density at radius 1 is 1.30 bits per heavy atom. The second-order valence-electron chi connectivity index (χ2n) is 5.73. The van der Waals surface area contributed by atoms with E-state index in [9.17, 15) is 4.79 Å². The van der Waals surface area contributed by atoms with Gasteiger partial charge in [0.2, 0.25) is 0 Å². The Labute approximate surface area is 136 Å². The molecule has 3 rings (SSSR count). The number of rotatable bonds is 5. The van der Waals surface area contributed by atoms with Crippen molar-refractivity contribution < 1.29 is 9.53 Å². The quantitative estimate of drug-likeness (QED) is 0.680. The van der Waals surface area contributed by atoms with Gasteiger partial charge in [0.1, 0.15) is 5.75 Å². The summed E-state index contributed by atoms with van der Waals surface area (Å²) in [6.07, 6.45) is 10.9. The minimum absolute atomic E-state index is 0.283. The molecule has 0 atom stereocenters. The lowest BCUT2D eigenvalue weighted by Gasteiger charge is -2.10. The molecule has 0 spiro atoms. The maximum atomic E-state index is 12.1. The van der Waals surface area contributed by atoms with Crippen molar-refractivity contribution in [3.8, 4) is 5.75 Å². The molecular weight excluding hydrogens is 290 g/mol. The van der Waals surface area contributed by atoms with Crippen LogP contribution in [-0.4, -0.2) is 23.8 Å². The standard InChI is InChI=1S/C18H21N3O2/c1-23-17-9-5-4-8-16(17)18(22)20-19-12-14-10-11-21(13-14)15-6-2-3-7-15/h4-5,8-13,15H,2-3,6-7H2,1H3,(H,20,22)/b19-12-. The predicted octanol–water partition coefficient (Wildman–Crippen LogP) is 3.38. The van der Waals surface area contributed by atoms with Gasteiger partial charge in [0.25, 0.3) is 5.91 Å². The monoisotopic (exact) mass is 311 g/mol. The van der Waals surface area contributed by atoms with Gasteiger partial charge in [0, 0.05) is 24.0 Å². The molecule has 1 aromatic heterocycles. The first-order valence-corrected chi connectivity index (χ1v) is 7.92. The molecule has 1 amide bonds. The molecule has 23 heavy (non-hydrogen) atoms. The summed E-state index contributed by atoms with van der Waals surface area (Å²) in [7, 11) is 1.54. The average molecular weight is 311 g/mol. The third kappa shape index (κ3) is 3.62. The van der Waals surface area contributed by atoms with Crippen molar-refractivity contribution in [2.45, 2.75) is 31.7 Å². The van der Waals surface area contributed by atoms with Crippen LogP contribution in [0.2, 0.25) is 0 Å². The fourth-order valence-electron chi connectivity index (χ4n) is 2.99. The number of benzene rings is 1. The first kappa shape index (κ1) is 15.3. The van der Waals surface area contributed by atoms with E-state index in [0.717, 1.165) is 5.56 Å². The summed E-state index contributed by atoms with van der Waals surface area (Å²) in [5.41, 5.74) is 3.99. The molecule has 0 radical (unpaired) electrons. The minimum atomic E-state index is -0.283. The summed E-state index contributed by atoms with van der Waals surface area (Å²) >= 11 is 0. The average Bonchev–Trinajstić information content (AvgIpc) is 3.26. The van der Waals surface area contributed by atoms with Crippen molar-refractivity contribution in [2.75, 3.05) is 7.11 Å². The molecule has 0 bridgehead atoms. The second-order valence-corrected chi connectivity index (χ2v) is 5.73. The topological polar surface area (TPSA) is 55.6 Å². The largest absolute Gasteiger partial charge is 0.496 e. The van der Waals surface area contributed by atoms with Crippen molar-refractivity contribution in [1.29, 1.82) is 0 Å². The number of carbonyl (C=O) groups is 1. The van der Waals surface area contributed by atoms with Crippen LogP contribution in [0.15, 0.2) is 47.8 Å². The highest BCUT2D eigenvalue weighted by Gasteiger charge is 2.16. The Balaban J connectivity index is 1.61. The zero-order chi connectivity index (χ0) is 16.1. The van der Waals surface area contributed by atoms with Crippen LogP contribution in [-0.2, 0) is 0 Å². The highest BCUT2D eigenvalue weighted by Crippen LogP contribution is 2.29. The number of hydrogen-bond donors (Lipinski definition) is 1. The van der Waals surface area contributed by atoms with Crippen molar-refractivity contribution in [3.05, 3.63) is 53.9 Å². The molecular formula is C18H21N3O2. The van der Waals surface area contributed by atoms with E-state index in [0.29, 0.717) is 17.4 Å². The van der Waals surface area contributed by atoms with Crippen LogP contribution in [0, 0.1) is 0 Å². The first-order valence-electron chi connectivity index (χ1n) is 7.92. The number of hydrogen-bond acceptors (Lipinski definition) is 3. The van der Waals surface area contributed by atoms with Gasteiger partial charge in [-0.3, -0.25) is 4.79 Å². The lowest BCUT2D eigenvalue weighted by molar-refractivity contribution is 0.0952. The zero-order valence-corrected chi connectivity index (χ0v) is 13.2. The number of amides is 1. The van der Waals surface area contributed by atoms with E-state index in [-0.39, 0.29) is 5.91 Å². The van der Waals surface area contributed by atoms with Gasteiger partial charge in [-0.25, -0.2) is 5.43 Å². The van der Waals surface area contributed by atoms with Crippen LogP contribution in [0.3, 0.4) is 0 Å². The van der Waals surface area contributed by atoms with Gasteiger partial charge in [0.05, 0.1) is 18.9 Å². The molecule has 1 fully saturated rings. The summed E-state index contributed by atoms with van der Waals surface area (Å²) < 4.78 is 7.42. The molecule has 1 aliphatic rings. The summed E-state index contributed by atoms with van der Waals surface area (Å²) in [4.78, 5) is 12.1. The molecule has 120 valence electrons. The van der Waals surface area contributed by atoms with Crippen molar-refractivity contribution in [1.82, 2.24) is 9.99 Å². The Morgan fingerprint density at radius 2 is 2.09 bits per heavy atom. The third-order valence-electron chi connectivity index (χ3n) is 4.21. The van der Waals surface area contributed by atoms with E-state index in [1.54, 1.807) is 31.5 Å². The Bertz CT molecular complexity index is 700. The number of para-hydroxylation sites is 1. The molecule has 1 N–H and O–H groups in total. The van der Waals surface area contributed by atoms with Crippen LogP contribution < -0.4 is 10.2 Å². The molecule has 1 aromatic carbocycles.